The van der Waals surface area contributed by atoms with E-state index < -0.39 is 0 Å². The molecule has 2 unspecified atom stereocenters. The molecule has 2 atom stereocenters. The zero-order valence-electron chi connectivity index (χ0n) is 7.83. The maximum Gasteiger partial charge on any atom is 0.224 e. The monoisotopic (exact) mass is 180 g/mol. The Kier molecular flexibility index (Phi) is 1.62. The summed E-state index contributed by atoms with van der Waals surface area (Å²) in [5.74, 6) is 0.376. The third-order valence-electron chi connectivity index (χ3n) is 3.51. The highest BCUT2D eigenvalue weighted by Gasteiger charge is 2.43. The Morgan fingerprint density at radius 3 is 2.92 bits per heavy atom. The average Bonchev–Trinajstić information content (AvgIpc) is 2.70. The van der Waals surface area contributed by atoms with Crippen molar-refractivity contribution in [1.29, 1.82) is 0 Å². The zero-order valence-corrected chi connectivity index (χ0v) is 7.83. The zero-order chi connectivity index (χ0) is 8.84. The molecule has 0 aromatic carbocycles. The van der Waals surface area contributed by atoms with Gasteiger partial charge in [0.05, 0.1) is 0 Å². The minimum atomic E-state index is 0.376. The van der Waals surface area contributed by atoms with Crippen molar-refractivity contribution in [2.45, 2.75) is 50.2 Å². The summed E-state index contributed by atoms with van der Waals surface area (Å²) in [7, 11) is 0. The summed E-state index contributed by atoms with van der Waals surface area (Å²) in [5.41, 5.74) is 0. The summed E-state index contributed by atoms with van der Waals surface area (Å²) in [6.07, 6.45) is 5.81. The lowest BCUT2D eigenvalue weighted by Gasteiger charge is -2.20. The van der Waals surface area contributed by atoms with E-state index in [2.05, 4.69) is 10.2 Å². The summed E-state index contributed by atoms with van der Waals surface area (Å²) in [6, 6.07) is 1.74. The number of fused-ring (bicyclic) bond motifs is 1. The first-order valence-electron chi connectivity index (χ1n) is 5.40. The second-order valence-corrected chi connectivity index (χ2v) is 4.55. The topological polar surface area (TPSA) is 32.3 Å². The quantitative estimate of drug-likeness (QED) is 0.671. The van der Waals surface area contributed by atoms with Crippen LogP contribution in [0.25, 0.3) is 0 Å². The molecule has 2 aliphatic heterocycles. The van der Waals surface area contributed by atoms with Gasteiger partial charge in [-0.15, -0.1) is 0 Å². The van der Waals surface area contributed by atoms with E-state index in [0.717, 1.165) is 19.0 Å². The van der Waals surface area contributed by atoms with Gasteiger partial charge in [0, 0.05) is 31.1 Å². The first-order valence-corrected chi connectivity index (χ1v) is 5.40. The highest BCUT2D eigenvalue weighted by molar-refractivity contribution is 5.80. The number of hydrogen-bond acceptors (Lipinski definition) is 2. The van der Waals surface area contributed by atoms with Crippen LogP contribution in [0.4, 0.5) is 0 Å². The van der Waals surface area contributed by atoms with Gasteiger partial charge in [0.1, 0.15) is 0 Å². The van der Waals surface area contributed by atoms with E-state index in [1.54, 1.807) is 0 Å². The molecule has 1 N–H and O–H groups in total. The van der Waals surface area contributed by atoms with Gasteiger partial charge in [-0.3, -0.25) is 4.79 Å². The standard InChI is InChI=1S/C10H16N2O/c13-10-6-8(11-7-3-4-7)9-2-1-5-12(9)10/h7-9,11H,1-6H2. The fourth-order valence-corrected chi connectivity index (χ4v) is 2.68. The molecule has 3 nitrogen and oxygen atoms in total. The van der Waals surface area contributed by atoms with E-state index in [1.165, 1.54) is 25.7 Å². The summed E-state index contributed by atoms with van der Waals surface area (Å²) >= 11 is 0. The van der Waals surface area contributed by atoms with Crippen molar-refractivity contribution in [2.24, 2.45) is 0 Å². The van der Waals surface area contributed by atoms with Crippen LogP contribution in [0.5, 0.6) is 0 Å². The molecule has 2 heterocycles. The molecule has 0 aromatic heterocycles. The van der Waals surface area contributed by atoms with Crippen molar-refractivity contribution in [1.82, 2.24) is 10.2 Å². The lowest BCUT2D eigenvalue weighted by atomic mass is 10.1. The number of amides is 1. The molecule has 13 heavy (non-hydrogen) atoms. The fraction of sp³-hybridized carbons (Fsp3) is 0.900. The van der Waals surface area contributed by atoms with Crippen LogP contribution in [0.1, 0.15) is 32.1 Å². The number of nitrogens with one attached hydrogen (secondary N) is 1. The van der Waals surface area contributed by atoms with Gasteiger partial charge in [-0.25, -0.2) is 0 Å². The van der Waals surface area contributed by atoms with E-state index >= 15 is 0 Å². The molecule has 3 rings (SSSR count). The second kappa shape index (κ2) is 2.71. The molecule has 0 radical (unpaired) electrons. The van der Waals surface area contributed by atoms with Crippen molar-refractivity contribution >= 4 is 5.91 Å². The molecular formula is C10H16N2O. The number of nitrogens with zero attached hydrogens (tertiary/aromatic N) is 1. The number of carbonyl (C=O) groups excluding carboxylic acids is 1. The van der Waals surface area contributed by atoms with Crippen LogP contribution in [-0.2, 0) is 4.79 Å². The first kappa shape index (κ1) is 7.80. The summed E-state index contributed by atoms with van der Waals surface area (Å²) < 4.78 is 0. The smallest absolute Gasteiger partial charge is 0.224 e. The van der Waals surface area contributed by atoms with Crippen LogP contribution in [0.15, 0.2) is 0 Å². The molecular weight excluding hydrogens is 164 g/mol. The van der Waals surface area contributed by atoms with Gasteiger partial charge in [0.15, 0.2) is 0 Å². The van der Waals surface area contributed by atoms with Crippen molar-refractivity contribution < 1.29 is 4.79 Å². The molecule has 3 fully saturated rings. The van der Waals surface area contributed by atoms with Gasteiger partial charge in [-0.1, -0.05) is 0 Å². The second-order valence-electron chi connectivity index (χ2n) is 4.55. The summed E-state index contributed by atoms with van der Waals surface area (Å²) in [5, 5.41) is 3.59. The van der Waals surface area contributed by atoms with Gasteiger partial charge in [-0.05, 0) is 25.7 Å². The number of hydrogen-bond donors (Lipinski definition) is 1. The van der Waals surface area contributed by atoms with Crippen molar-refractivity contribution in [3.63, 3.8) is 0 Å². The fourth-order valence-electron chi connectivity index (χ4n) is 2.68. The molecule has 0 aromatic rings. The minimum Gasteiger partial charge on any atom is -0.338 e. The van der Waals surface area contributed by atoms with Gasteiger partial charge < -0.3 is 10.2 Å². The maximum atomic E-state index is 11.6. The number of carbonyl (C=O) groups is 1. The average molecular weight is 180 g/mol. The lowest BCUT2D eigenvalue weighted by molar-refractivity contribution is -0.127. The van der Waals surface area contributed by atoms with Crippen LogP contribution in [-0.4, -0.2) is 35.5 Å². The van der Waals surface area contributed by atoms with Crippen LogP contribution in [0.3, 0.4) is 0 Å². The molecule has 1 saturated carbocycles. The van der Waals surface area contributed by atoms with Gasteiger partial charge in [0.25, 0.3) is 0 Å². The summed E-state index contributed by atoms with van der Waals surface area (Å²) in [4.78, 5) is 13.6. The predicted octanol–water partition coefficient (Wildman–Crippen LogP) is 0.502. The van der Waals surface area contributed by atoms with Crippen LogP contribution >= 0.6 is 0 Å². The molecule has 0 bridgehead atoms. The van der Waals surface area contributed by atoms with E-state index in [0.29, 0.717) is 18.0 Å². The molecule has 72 valence electrons. The van der Waals surface area contributed by atoms with E-state index in [-0.39, 0.29) is 0 Å². The van der Waals surface area contributed by atoms with Crippen LogP contribution in [0, 0.1) is 0 Å². The van der Waals surface area contributed by atoms with Gasteiger partial charge in [-0.2, -0.15) is 0 Å². The Morgan fingerprint density at radius 2 is 2.15 bits per heavy atom. The molecule has 3 heteroatoms. The van der Waals surface area contributed by atoms with Crippen molar-refractivity contribution in [2.75, 3.05) is 6.54 Å². The van der Waals surface area contributed by atoms with E-state index in [1.807, 2.05) is 0 Å². The molecule has 0 spiro atoms. The largest absolute Gasteiger partial charge is 0.338 e. The van der Waals surface area contributed by atoms with E-state index in [9.17, 15) is 4.79 Å². The maximum absolute atomic E-state index is 11.6. The highest BCUT2D eigenvalue weighted by atomic mass is 16.2. The molecule has 2 saturated heterocycles. The third kappa shape index (κ3) is 1.26. The van der Waals surface area contributed by atoms with Crippen molar-refractivity contribution in [3.05, 3.63) is 0 Å². The normalized spacial score (nSPS) is 38.5. The SMILES string of the molecule is O=C1CC(NC2CC2)C2CCCN12. The first-order chi connectivity index (χ1) is 6.34. The molecule has 1 amide bonds. The van der Waals surface area contributed by atoms with Gasteiger partial charge in [0.2, 0.25) is 5.91 Å². The van der Waals surface area contributed by atoms with Crippen LogP contribution in [0.2, 0.25) is 0 Å². The van der Waals surface area contributed by atoms with Crippen molar-refractivity contribution in [3.8, 4) is 0 Å². The van der Waals surface area contributed by atoms with Gasteiger partial charge >= 0.3 is 0 Å². The van der Waals surface area contributed by atoms with Crippen LogP contribution < -0.4 is 5.32 Å². The Morgan fingerprint density at radius 1 is 1.31 bits per heavy atom. The Hall–Kier alpha value is -0.570. The highest BCUT2D eigenvalue weighted by Crippen LogP contribution is 2.31. The minimum absolute atomic E-state index is 0.376. The van der Waals surface area contributed by atoms with E-state index in [4.69, 9.17) is 0 Å². The Bertz CT molecular complexity index is 237. The summed E-state index contributed by atoms with van der Waals surface area (Å²) in [6.45, 7) is 1.01. The molecule has 1 aliphatic carbocycles. The third-order valence-corrected chi connectivity index (χ3v) is 3.51. The Labute approximate surface area is 78.5 Å². The Balaban J connectivity index is 1.70. The molecule has 3 aliphatic rings. The lowest BCUT2D eigenvalue weighted by Crippen LogP contribution is -2.40. The number of rotatable bonds is 2. The predicted molar refractivity (Wildman–Crippen MR) is 49.3 cm³/mol.